The van der Waals surface area contributed by atoms with Gasteiger partial charge in [-0.3, -0.25) is 4.79 Å². The van der Waals surface area contributed by atoms with Crippen molar-refractivity contribution in [1.29, 1.82) is 0 Å². The number of halogens is 1. The van der Waals surface area contributed by atoms with E-state index in [-0.39, 0.29) is 11.9 Å². The van der Waals surface area contributed by atoms with Gasteiger partial charge in [0.2, 0.25) is 0 Å². The third-order valence-electron chi connectivity index (χ3n) is 5.40. The molecule has 0 heterocycles. The van der Waals surface area contributed by atoms with Crippen LogP contribution in [0, 0.1) is 23.6 Å². The van der Waals surface area contributed by atoms with Crippen LogP contribution in [-0.2, 0) is 0 Å². The van der Waals surface area contributed by atoms with Gasteiger partial charge < -0.3 is 16.0 Å². The molecule has 1 aromatic rings. The fourth-order valence-electron chi connectivity index (χ4n) is 3.47. The van der Waals surface area contributed by atoms with Crippen molar-refractivity contribution in [3.63, 3.8) is 0 Å². The number of benzene rings is 1. The first-order valence-electron chi connectivity index (χ1n) is 9.65. The summed E-state index contributed by atoms with van der Waals surface area (Å²) in [5, 5.41) is 8.80. The Balaban J connectivity index is 1.29. The molecule has 0 atom stereocenters. The zero-order valence-corrected chi connectivity index (χ0v) is 15.1. The highest BCUT2D eigenvalue weighted by molar-refractivity contribution is 5.94. The molecule has 3 amide bonds. The van der Waals surface area contributed by atoms with E-state index in [1.165, 1.54) is 25.0 Å². The highest BCUT2D eigenvalue weighted by atomic mass is 19.1. The Morgan fingerprint density at radius 2 is 1.35 bits per heavy atom. The minimum absolute atomic E-state index is 0.0543. The number of nitrogens with one attached hydrogen (secondary N) is 3. The van der Waals surface area contributed by atoms with Crippen LogP contribution >= 0.6 is 0 Å². The lowest BCUT2D eigenvalue weighted by Crippen LogP contribution is -2.40. The molecule has 1 aromatic carbocycles. The third-order valence-corrected chi connectivity index (χ3v) is 5.40. The van der Waals surface area contributed by atoms with Crippen molar-refractivity contribution in [2.24, 2.45) is 17.8 Å². The van der Waals surface area contributed by atoms with Gasteiger partial charge >= 0.3 is 6.03 Å². The summed E-state index contributed by atoms with van der Waals surface area (Å²) in [6.45, 7) is 2.14. The maximum Gasteiger partial charge on any atom is 0.314 e. The summed E-state index contributed by atoms with van der Waals surface area (Å²) in [5.74, 6) is 1.04. The Morgan fingerprint density at radius 3 is 1.85 bits per heavy atom. The quantitative estimate of drug-likeness (QED) is 0.698. The van der Waals surface area contributed by atoms with E-state index in [1.807, 2.05) is 0 Å². The topological polar surface area (TPSA) is 70.2 Å². The number of carbonyl (C=O) groups is 2. The summed E-state index contributed by atoms with van der Waals surface area (Å²) in [4.78, 5) is 23.8. The number of carbonyl (C=O) groups excluding carboxylic acids is 2. The molecule has 0 aliphatic heterocycles. The Kier molecular flexibility index (Phi) is 6.47. The molecule has 6 heteroatoms. The Labute approximate surface area is 154 Å². The van der Waals surface area contributed by atoms with Gasteiger partial charge in [0.15, 0.2) is 0 Å². The van der Waals surface area contributed by atoms with Crippen LogP contribution in [0.3, 0.4) is 0 Å². The molecule has 2 fully saturated rings. The van der Waals surface area contributed by atoms with Crippen molar-refractivity contribution in [2.75, 3.05) is 19.6 Å². The second-order valence-electron chi connectivity index (χ2n) is 7.64. The Bertz CT molecular complexity index is 625. The Hall–Kier alpha value is -2.11. The highest BCUT2D eigenvalue weighted by Crippen LogP contribution is 2.28. The summed E-state index contributed by atoms with van der Waals surface area (Å²) in [5.41, 5.74) is 0.361. The first kappa shape index (κ1) is 18.7. The van der Waals surface area contributed by atoms with Gasteiger partial charge in [-0.15, -0.1) is 0 Å². The van der Waals surface area contributed by atoms with Crippen LogP contribution in [0.4, 0.5) is 9.18 Å². The van der Waals surface area contributed by atoms with E-state index in [4.69, 9.17) is 0 Å². The van der Waals surface area contributed by atoms with E-state index in [9.17, 15) is 14.0 Å². The van der Waals surface area contributed by atoms with Gasteiger partial charge in [-0.2, -0.15) is 0 Å². The van der Waals surface area contributed by atoms with Crippen LogP contribution in [-0.4, -0.2) is 31.6 Å². The van der Waals surface area contributed by atoms with Gasteiger partial charge in [-0.25, -0.2) is 9.18 Å². The monoisotopic (exact) mass is 361 g/mol. The van der Waals surface area contributed by atoms with Crippen molar-refractivity contribution in [2.45, 2.75) is 38.5 Å². The van der Waals surface area contributed by atoms with Crippen molar-refractivity contribution in [3.05, 3.63) is 35.6 Å². The van der Waals surface area contributed by atoms with Crippen LogP contribution in [0.5, 0.6) is 0 Å². The largest absolute Gasteiger partial charge is 0.352 e. The van der Waals surface area contributed by atoms with Gasteiger partial charge in [0.25, 0.3) is 5.91 Å². The third kappa shape index (κ3) is 6.00. The molecule has 0 aromatic heterocycles. The molecule has 3 rings (SSSR count). The first-order valence-corrected chi connectivity index (χ1v) is 9.65. The molecule has 2 saturated carbocycles. The van der Waals surface area contributed by atoms with Crippen LogP contribution < -0.4 is 16.0 Å². The predicted molar refractivity (Wildman–Crippen MR) is 98.3 cm³/mol. The molecule has 0 bridgehead atoms. The van der Waals surface area contributed by atoms with Gasteiger partial charge in [0.05, 0.1) is 0 Å². The number of rotatable bonds is 7. The fraction of sp³-hybridized carbons (Fsp3) is 0.600. The lowest BCUT2D eigenvalue weighted by Gasteiger charge is -2.28. The molecular formula is C20H28FN3O2. The number of hydrogen-bond acceptors (Lipinski definition) is 2. The number of urea groups is 1. The highest BCUT2D eigenvalue weighted by Gasteiger charge is 2.23. The molecular weight excluding hydrogens is 333 g/mol. The second-order valence-corrected chi connectivity index (χ2v) is 7.64. The zero-order valence-electron chi connectivity index (χ0n) is 15.1. The maximum atomic E-state index is 13.2. The van der Waals surface area contributed by atoms with Crippen LogP contribution in [0.2, 0.25) is 0 Å². The van der Waals surface area contributed by atoms with Crippen LogP contribution in [0.25, 0.3) is 0 Å². The minimum Gasteiger partial charge on any atom is -0.352 e. The van der Waals surface area contributed by atoms with E-state index >= 15 is 0 Å². The lowest BCUT2D eigenvalue weighted by atomic mass is 9.82. The van der Waals surface area contributed by atoms with Crippen LogP contribution in [0.15, 0.2) is 24.3 Å². The van der Waals surface area contributed by atoms with Crippen LogP contribution in [0.1, 0.15) is 48.9 Å². The van der Waals surface area contributed by atoms with E-state index in [1.54, 1.807) is 12.1 Å². The fourth-order valence-corrected chi connectivity index (χ4v) is 3.47. The molecule has 142 valence electrons. The molecule has 0 unspecified atom stereocenters. The molecule has 3 N–H and O–H groups in total. The van der Waals surface area contributed by atoms with E-state index in [0.29, 0.717) is 29.9 Å². The number of hydrogen-bond donors (Lipinski definition) is 3. The summed E-state index contributed by atoms with van der Waals surface area (Å²) < 4.78 is 13.2. The van der Waals surface area contributed by atoms with E-state index < -0.39 is 5.82 Å². The van der Waals surface area contributed by atoms with E-state index in [0.717, 1.165) is 38.8 Å². The zero-order chi connectivity index (χ0) is 18.4. The maximum absolute atomic E-state index is 13.2. The average molecular weight is 361 g/mol. The molecule has 2 aliphatic rings. The average Bonchev–Trinajstić information content (AvgIpc) is 3.48. The predicted octanol–water partition coefficient (Wildman–Crippen LogP) is 3.07. The molecule has 26 heavy (non-hydrogen) atoms. The first-order chi connectivity index (χ1) is 12.6. The second kappa shape index (κ2) is 9.01. The summed E-state index contributed by atoms with van der Waals surface area (Å²) in [7, 11) is 0. The molecule has 0 radical (unpaired) electrons. The lowest BCUT2D eigenvalue weighted by molar-refractivity contribution is 0.0940. The summed E-state index contributed by atoms with van der Waals surface area (Å²) in [6.07, 6.45) is 6.67. The molecule has 5 nitrogen and oxygen atoms in total. The van der Waals surface area contributed by atoms with Crippen molar-refractivity contribution in [3.8, 4) is 0 Å². The van der Waals surface area contributed by atoms with Crippen molar-refractivity contribution < 1.29 is 14.0 Å². The summed E-state index contributed by atoms with van der Waals surface area (Å²) >= 11 is 0. The molecule has 0 spiro atoms. The Morgan fingerprint density at radius 1 is 0.846 bits per heavy atom. The normalized spacial score (nSPS) is 22.5. The van der Waals surface area contributed by atoms with Crippen molar-refractivity contribution >= 4 is 11.9 Å². The summed E-state index contributed by atoms with van der Waals surface area (Å²) in [6, 6.07) is 5.70. The van der Waals surface area contributed by atoms with Crippen molar-refractivity contribution in [1.82, 2.24) is 16.0 Å². The van der Waals surface area contributed by atoms with Gasteiger partial charge in [-0.1, -0.05) is 6.07 Å². The SMILES string of the molecule is O=C(NCC1CC1)NCC1CCC(CNC(=O)c2cccc(F)c2)CC1. The smallest absolute Gasteiger partial charge is 0.314 e. The molecule has 0 saturated heterocycles. The number of amides is 3. The molecule has 2 aliphatic carbocycles. The van der Waals surface area contributed by atoms with Gasteiger partial charge in [0.1, 0.15) is 5.82 Å². The van der Waals surface area contributed by atoms with Gasteiger partial charge in [-0.05, 0) is 74.5 Å². The van der Waals surface area contributed by atoms with Gasteiger partial charge in [0, 0.05) is 25.2 Å². The standard InChI is InChI=1S/C20H28FN3O2/c21-18-3-1-2-17(10-18)19(25)22-11-14-4-6-15(7-5-14)12-23-20(26)24-13-16-8-9-16/h1-3,10,14-16H,4-9,11-13H2,(H,22,25)(H2,23,24,26). The minimum atomic E-state index is -0.396. The van der Waals surface area contributed by atoms with E-state index in [2.05, 4.69) is 16.0 Å².